The summed E-state index contributed by atoms with van der Waals surface area (Å²) in [6.45, 7) is 7.86. The van der Waals surface area contributed by atoms with Gasteiger partial charge in [0.2, 0.25) is 10.0 Å². The van der Waals surface area contributed by atoms with Gasteiger partial charge in [-0.05, 0) is 35.2 Å². The Hall–Kier alpha value is -2.81. The number of amides is 1. The van der Waals surface area contributed by atoms with Gasteiger partial charge in [-0.3, -0.25) is 9.10 Å². The van der Waals surface area contributed by atoms with Crippen LogP contribution in [0.1, 0.15) is 26.3 Å². The maximum Gasteiger partial charge on any atom is 0.265 e. The van der Waals surface area contributed by atoms with Crippen LogP contribution in [-0.2, 0) is 20.2 Å². The van der Waals surface area contributed by atoms with Gasteiger partial charge >= 0.3 is 0 Å². The molecule has 178 valence electrons. The molecule has 1 amide bonds. The zero-order chi connectivity index (χ0) is 24.0. The molecule has 2 aromatic carbocycles. The smallest absolute Gasteiger partial charge is 0.265 e. The predicted molar refractivity (Wildman–Crippen MR) is 127 cm³/mol. The minimum Gasteiger partial charge on any atom is -0.476 e. The van der Waals surface area contributed by atoms with E-state index in [0.29, 0.717) is 43.3 Å². The van der Waals surface area contributed by atoms with Gasteiger partial charge in [0.25, 0.3) is 5.91 Å². The lowest BCUT2D eigenvalue weighted by Crippen LogP contribution is -2.56. The number of sulfonamides is 1. The van der Waals surface area contributed by atoms with Crippen LogP contribution in [0.4, 0.5) is 15.8 Å². The minimum absolute atomic E-state index is 0.0776. The van der Waals surface area contributed by atoms with Gasteiger partial charge in [0.05, 0.1) is 24.2 Å². The number of piperazine rings is 1. The zero-order valence-electron chi connectivity index (χ0n) is 19.4. The Morgan fingerprint density at radius 1 is 1.03 bits per heavy atom. The lowest BCUT2D eigenvalue weighted by Gasteiger charge is -2.40. The number of fused-ring (bicyclic) bond motifs is 1. The van der Waals surface area contributed by atoms with Crippen LogP contribution in [-0.4, -0.2) is 64.3 Å². The lowest BCUT2D eigenvalue weighted by atomic mass is 9.86. The predicted octanol–water partition coefficient (Wildman–Crippen LogP) is 3.00. The van der Waals surface area contributed by atoms with Crippen molar-refractivity contribution in [1.82, 2.24) is 4.90 Å². The van der Waals surface area contributed by atoms with E-state index in [2.05, 4.69) is 20.8 Å². The quantitative estimate of drug-likeness (QED) is 0.683. The van der Waals surface area contributed by atoms with E-state index in [1.807, 2.05) is 17.0 Å². The Labute approximate surface area is 194 Å². The van der Waals surface area contributed by atoms with Crippen LogP contribution in [0.25, 0.3) is 0 Å². The summed E-state index contributed by atoms with van der Waals surface area (Å²) in [5, 5.41) is 0. The van der Waals surface area contributed by atoms with Gasteiger partial charge in [0.1, 0.15) is 11.6 Å². The van der Waals surface area contributed by atoms with Crippen molar-refractivity contribution >= 4 is 27.3 Å². The van der Waals surface area contributed by atoms with E-state index in [-0.39, 0.29) is 23.7 Å². The lowest BCUT2D eigenvalue weighted by molar-refractivity contribution is -0.138. The number of hydrogen-bond donors (Lipinski definition) is 0. The minimum atomic E-state index is -3.62. The number of carbonyl (C=O) groups excluding carboxylic acids is 1. The highest BCUT2D eigenvalue weighted by Crippen LogP contribution is 2.39. The molecule has 0 bridgehead atoms. The molecular weight excluding hydrogens is 445 g/mol. The molecule has 2 aliphatic rings. The highest BCUT2D eigenvalue weighted by molar-refractivity contribution is 7.92. The second-order valence-electron chi connectivity index (χ2n) is 9.60. The molecule has 2 heterocycles. The van der Waals surface area contributed by atoms with Crippen molar-refractivity contribution < 1.29 is 22.3 Å². The van der Waals surface area contributed by atoms with Crippen LogP contribution in [0.15, 0.2) is 42.5 Å². The van der Waals surface area contributed by atoms with Gasteiger partial charge in [-0.2, -0.15) is 0 Å². The average molecular weight is 476 g/mol. The van der Waals surface area contributed by atoms with E-state index in [0.717, 1.165) is 11.8 Å². The third kappa shape index (κ3) is 4.78. The molecule has 0 aliphatic carbocycles. The van der Waals surface area contributed by atoms with E-state index >= 15 is 0 Å². The van der Waals surface area contributed by atoms with Crippen LogP contribution in [0.5, 0.6) is 5.75 Å². The third-order valence-corrected chi connectivity index (χ3v) is 7.30. The molecule has 0 N–H and O–H groups in total. The summed E-state index contributed by atoms with van der Waals surface area (Å²) in [6.07, 6.45) is 0.202. The first-order valence-electron chi connectivity index (χ1n) is 11.0. The standard InChI is InChI=1S/C24H30FN3O4S/c1-24(2,3)17-9-10-21-20(15-17)28(33(4,30)31)16-22(32-21)23(29)27-13-11-26(12-14-27)19-8-6-5-7-18(19)25/h5-10,15,22H,11-14,16H2,1-4H3. The van der Waals surface area contributed by atoms with Crippen molar-refractivity contribution in [1.29, 1.82) is 0 Å². The Bertz CT molecular complexity index is 1150. The van der Waals surface area contributed by atoms with Crippen LogP contribution < -0.4 is 13.9 Å². The maximum atomic E-state index is 14.1. The van der Waals surface area contributed by atoms with E-state index in [4.69, 9.17) is 4.74 Å². The first-order valence-corrected chi connectivity index (χ1v) is 12.9. The van der Waals surface area contributed by atoms with Gasteiger partial charge in [0.15, 0.2) is 6.10 Å². The number of rotatable bonds is 3. The summed E-state index contributed by atoms with van der Waals surface area (Å²) < 4.78 is 46.6. The van der Waals surface area contributed by atoms with E-state index in [1.165, 1.54) is 10.4 Å². The number of ether oxygens (including phenoxy) is 1. The third-order valence-electron chi connectivity index (χ3n) is 6.15. The Morgan fingerprint density at radius 3 is 2.30 bits per heavy atom. The fourth-order valence-corrected chi connectivity index (χ4v) is 5.15. The summed E-state index contributed by atoms with van der Waals surface area (Å²) in [7, 11) is -3.62. The molecule has 9 heteroatoms. The number of benzene rings is 2. The van der Waals surface area contributed by atoms with Crippen molar-refractivity contribution in [2.24, 2.45) is 0 Å². The Balaban J connectivity index is 1.52. The van der Waals surface area contributed by atoms with Gasteiger partial charge < -0.3 is 14.5 Å². The van der Waals surface area contributed by atoms with E-state index < -0.39 is 16.1 Å². The molecule has 1 fully saturated rings. The second-order valence-corrected chi connectivity index (χ2v) is 11.5. The summed E-state index contributed by atoms with van der Waals surface area (Å²) in [5.41, 5.74) is 1.79. The molecule has 1 unspecified atom stereocenters. The summed E-state index contributed by atoms with van der Waals surface area (Å²) >= 11 is 0. The van der Waals surface area contributed by atoms with E-state index in [9.17, 15) is 17.6 Å². The SMILES string of the molecule is CC(C)(C)c1ccc2c(c1)N(S(C)(=O)=O)CC(C(=O)N1CCN(c3ccccc3F)CC1)O2. The first-order chi connectivity index (χ1) is 15.4. The van der Waals surface area contributed by atoms with Crippen molar-refractivity contribution in [2.75, 3.05) is 48.2 Å². The molecule has 1 atom stereocenters. The number of para-hydroxylation sites is 1. The monoisotopic (exact) mass is 475 g/mol. The topological polar surface area (TPSA) is 70.2 Å². The highest BCUT2D eigenvalue weighted by atomic mass is 32.2. The largest absolute Gasteiger partial charge is 0.476 e. The molecule has 0 radical (unpaired) electrons. The highest BCUT2D eigenvalue weighted by Gasteiger charge is 2.38. The Morgan fingerprint density at radius 2 is 1.70 bits per heavy atom. The summed E-state index contributed by atoms with van der Waals surface area (Å²) in [6, 6.07) is 12.0. The Kier molecular flexibility index (Phi) is 6.03. The van der Waals surface area contributed by atoms with Gasteiger partial charge in [-0.15, -0.1) is 0 Å². The van der Waals surface area contributed by atoms with Crippen LogP contribution in [0.3, 0.4) is 0 Å². The fourth-order valence-electron chi connectivity index (χ4n) is 4.24. The number of hydrogen-bond acceptors (Lipinski definition) is 5. The molecule has 33 heavy (non-hydrogen) atoms. The van der Waals surface area contributed by atoms with Crippen molar-refractivity contribution in [3.63, 3.8) is 0 Å². The number of carbonyl (C=O) groups is 1. The molecule has 7 nitrogen and oxygen atoms in total. The molecule has 1 saturated heterocycles. The summed E-state index contributed by atoms with van der Waals surface area (Å²) in [4.78, 5) is 16.8. The number of halogens is 1. The van der Waals surface area contributed by atoms with Gasteiger partial charge in [-0.1, -0.05) is 39.0 Å². The number of anilines is 2. The molecule has 2 aromatic rings. The van der Waals surface area contributed by atoms with Gasteiger partial charge in [-0.25, -0.2) is 12.8 Å². The second kappa shape index (κ2) is 8.52. The number of nitrogens with zero attached hydrogens (tertiary/aromatic N) is 3. The van der Waals surface area contributed by atoms with Crippen LogP contribution >= 0.6 is 0 Å². The van der Waals surface area contributed by atoms with Crippen molar-refractivity contribution in [3.05, 3.63) is 53.8 Å². The fraction of sp³-hybridized carbons (Fsp3) is 0.458. The van der Waals surface area contributed by atoms with E-state index in [1.54, 1.807) is 29.2 Å². The van der Waals surface area contributed by atoms with Crippen LogP contribution in [0, 0.1) is 5.82 Å². The summed E-state index contributed by atoms with van der Waals surface area (Å²) in [5.74, 6) is -0.173. The first kappa shape index (κ1) is 23.4. The molecule has 0 aromatic heterocycles. The van der Waals surface area contributed by atoms with Gasteiger partial charge in [0, 0.05) is 26.2 Å². The molecule has 0 saturated carbocycles. The molecule has 2 aliphatic heterocycles. The molecule has 4 rings (SSSR count). The van der Waals surface area contributed by atoms with Crippen molar-refractivity contribution in [3.8, 4) is 5.75 Å². The molecular formula is C24H30FN3O4S. The molecule has 0 spiro atoms. The normalized spacial score (nSPS) is 19.2. The zero-order valence-corrected chi connectivity index (χ0v) is 20.2. The van der Waals surface area contributed by atoms with Crippen molar-refractivity contribution in [2.45, 2.75) is 32.3 Å². The average Bonchev–Trinajstić information content (AvgIpc) is 2.76. The maximum absolute atomic E-state index is 14.1. The van der Waals surface area contributed by atoms with Crippen LogP contribution in [0.2, 0.25) is 0 Å².